The maximum Gasteiger partial charge on any atom is 0.417 e. The summed E-state index contributed by atoms with van der Waals surface area (Å²) in [4.78, 5) is 11.9. The molecule has 1 N–H and O–H groups in total. The van der Waals surface area contributed by atoms with Gasteiger partial charge < -0.3 is 5.11 Å². The van der Waals surface area contributed by atoms with Gasteiger partial charge in [0.2, 0.25) is 0 Å². The van der Waals surface area contributed by atoms with Gasteiger partial charge in [0.15, 0.2) is 11.4 Å². The molecule has 4 aliphatic carbocycles. The summed E-state index contributed by atoms with van der Waals surface area (Å²) in [6, 6.07) is 0. The van der Waals surface area contributed by atoms with E-state index in [1.807, 2.05) is 6.08 Å². The summed E-state index contributed by atoms with van der Waals surface area (Å²) in [6.07, 6.45) is 1.35. The molecule has 6 heteroatoms. The van der Waals surface area contributed by atoms with Gasteiger partial charge in [0.1, 0.15) is 0 Å². The standard InChI is InChI=1S/C20H24ClF3O2/c1-17-8-7-15(25)16(21)14(17)4-3-11-12(17)5-9-18(2)13(11)6-10-19(18,26)20(22,23)24/h7-8,11-13,26H,3-6,9-10H2,1-2H3/t11-,12+,13+,17-,18+,19+/m1/s1. The van der Waals surface area contributed by atoms with Crippen LogP contribution in [0.4, 0.5) is 13.2 Å². The van der Waals surface area contributed by atoms with Crippen LogP contribution in [0.1, 0.15) is 52.4 Å². The number of hydrogen-bond acceptors (Lipinski definition) is 2. The van der Waals surface area contributed by atoms with Crippen LogP contribution in [0.25, 0.3) is 0 Å². The Morgan fingerprint density at radius 3 is 2.46 bits per heavy atom. The van der Waals surface area contributed by atoms with Crippen LogP contribution in [-0.4, -0.2) is 22.7 Å². The molecule has 0 saturated heterocycles. The molecule has 0 aliphatic heterocycles. The monoisotopic (exact) mass is 388 g/mol. The summed E-state index contributed by atoms with van der Waals surface area (Å²) < 4.78 is 41.1. The second kappa shape index (κ2) is 5.38. The third kappa shape index (κ3) is 2.07. The first-order valence-corrected chi connectivity index (χ1v) is 9.75. The Bertz CT molecular complexity index is 727. The first kappa shape index (κ1) is 18.5. The Balaban J connectivity index is 1.73. The average molecular weight is 389 g/mol. The first-order chi connectivity index (χ1) is 12.0. The highest BCUT2D eigenvalue weighted by Gasteiger charge is 2.72. The van der Waals surface area contributed by atoms with Gasteiger partial charge in [0.25, 0.3) is 0 Å². The predicted molar refractivity (Wildman–Crippen MR) is 92.4 cm³/mol. The normalized spacial score (nSPS) is 48.3. The molecule has 0 spiro atoms. The minimum atomic E-state index is -4.60. The molecule has 144 valence electrons. The lowest BCUT2D eigenvalue weighted by Gasteiger charge is -2.58. The van der Waals surface area contributed by atoms with E-state index in [2.05, 4.69) is 6.92 Å². The zero-order valence-corrected chi connectivity index (χ0v) is 15.8. The summed E-state index contributed by atoms with van der Waals surface area (Å²) in [7, 11) is 0. The zero-order chi connectivity index (χ0) is 19.1. The third-order valence-corrected chi connectivity index (χ3v) is 8.68. The summed E-state index contributed by atoms with van der Waals surface area (Å²) in [5.74, 6) is -0.0548. The van der Waals surface area contributed by atoms with Crippen molar-refractivity contribution < 1.29 is 23.1 Å². The quantitative estimate of drug-likeness (QED) is 0.622. The Morgan fingerprint density at radius 2 is 1.81 bits per heavy atom. The van der Waals surface area contributed by atoms with Crippen molar-refractivity contribution in [1.29, 1.82) is 0 Å². The van der Waals surface area contributed by atoms with Gasteiger partial charge in [-0.1, -0.05) is 31.5 Å². The molecule has 3 fully saturated rings. The number of carbonyl (C=O) groups is 1. The molecular formula is C20H24ClF3O2. The van der Waals surface area contributed by atoms with Gasteiger partial charge in [-0.3, -0.25) is 4.79 Å². The maximum absolute atomic E-state index is 13.7. The van der Waals surface area contributed by atoms with Crippen molar-refractivity contribution in [2.24, 2.45) is 28.6 Å². The molecule has 26 heavy (non-hydrogen) atoms. The van der Waals surface area contributed by atoms with Crippen molar-refractivity contribution in [2.45, 2.75) is 64.1 Å². The van der Waals surface area contributed by atoms with E-state index in [1.54, 1.807) is 6.92 Å². The molecule has 0 bridgehead atoms. The van der Waals surface area contributed by atoms with Crippen LogP contribution in [0.15, 0.2) is 22.8 Å². The van der Waals surface area contributed by atoms with E-state index < -0.39 is 17.2 Å². The van der Waals surface area contributed by atoms with Crippen molar-refractivity contribution in [3.63, 3.8) is 0 Å². The highest BCUT2D eigenvalue weighted by atomic mass is 35.5. The Hall–Kier alpha value is -0.810. The van der Waals surface area contributed by atoms with Gasteiger partial charge in [-0.2, -0.15) is 13.2 Å². The highest BCUT2D eigenvalue weighted by molar-refractivity contribution is 6.45. The van der Waals surface area contributed by atoms with E-state index in [0.29, 0.717) is 30.7 Å². The number of aliphatic hydroxyl groups is 1. The second-order valence-electron chi connectivity index (χ2n) is 9.04. The molecule has 0 heterocycles. The second-order valence-corrected chi connectivity index (χ2v) is 9.42. The summed E-state index contributed by atoms with van der Waals surface area (Å²) in [6.45, 7) is 3.70. The molecule has 0 unspecified atom stereocenters. The van der Waals surface area contributed by atoms with Crippen LogP contribution < -0.4 is 0 Å². The largest absolute Gasteiger partial charge is 0.417 e. The fraction of sp³-hybridized carbons (Fsp3) is 0.750. The fourth-order valence-electron chi connectivity index (χ4n) is 6.76. The van der Waals surface area contributed by atoms with E-state index >= 15 is 0 Å². The molecule has 0 amide bonds. The van der Waals surface area contributed by atoms with Crippen LogP contribution in [0.3, 0.4) is 0 Å². The fourth-order valence-corrected chi connectivity index (χ4v) is 7.12. The van der Waals surface area contributed by atoms with E-state index in [-0.39, 0.29) is 35.4 Å². The van der Waals surface area contributed by atoms with Crippen LogP contribution in [-0.2, 0) is 4.79 Å². The molecular weight excluding hydrogens is 365 g/mol. The van der Waals surface area contributed by atoms with Crippen molar-refractivity contribution in [3.8, 4) is 0 Å². The van der Waals surface area contributed by atoms with Gasteiger partial charge in [-0.05, 0) is 67.9 Å². The van der Waals surface area contributed by atoms with Gasteiger partial charge in [-0.15, -0.1) is 0 Å². The molecule has 0 radical (unpaired) electrons. The lowest BCUT2D eigenvalue weighted by molar-refractivity contribution is -0.302. The lowest BCUT2D eigenvalue weighted by atomic mass is 9.47. The van der Waals surface area contributed by atoms with Gasteiger partial charge >= 0.3 is 6.18 Å². The van der Waals surface area contributed by atoms with Gasteiger partial charge in [-0.25, -0.2) is 0 Å². The average Bonchev–Trinajstić information content (AvgIpc) is 2.84. The topological polar surface area (TPSA) is 37.3 Å². The van der Waals surface area contributed by atoms with Crippen LogP contribution >= 0.6 is 11.6 Å². The lowest BCUT2D eigenvalue weighted by Crippen LogP contribution is -2.59. The Morgan fingerprint density at radius 1 is 1.15 bits per heavy atom. The molecule has 2 nitrogen and oxygen atoms in total. The number of rotatable bonds is 0. The van der Waals surface area contributed by atoms with Crippen LogP contribution in [0, 0.1) is 28.6 Å². The smallest absolute Gasteiger partial charge is 0.380 e. The number of fused-ring (bicyclic) bond motifs is 5. The van der Waals surface area contributed by atoms with E-state index in [0.717, 1.165) is 12.0 Å². The molecule has 4 aliphatic rings. The Kier molecular flexibility index (Phi) is 3.84. The predicted octanol–water partition coefficient (Wildman–Crippen LogP) is 5.15. The maximum atomic E-state index is 13.7. The van der Waals surface area contributed by atoms with Crippen molar-refractivity contribution >= 4 is 17.4 Å². The molecule has 0 aromatic rings. The molecule has 4 rings (SSSR count). The number of ketones is 1. The molecule has 3 saturated carbocycles. The summed E-state index contributed by atoms with van der Waals surface area (Å²) >= 11 is 6.30. The first-order valence-electron chi connectivity index (χ1n) is 9.37. The number of allylic oxidation sites excluding steroid dienone is 4. The highest BCUT2D eigenvalue weighted by Crippen LogP contribution is 2.69. The SMILES string of the molecule is C[C@]12C=CC(=O)C(Cl)=C1CC[C@@H]1[C@@H]2CC[C@@]2(C)[C@H]1CC[C@@]2(O)C(F)(F)F. The Labute approximate surface area is 156 Å². The van der Waals surface area contributed by atoms with Crippen molar-refractivity contribution in [2.75, 3.05) is 0 Å². The third-order valence-electron chi connectivity index (χ3n) is 8.27. The summed E-state index contributed by atoms with van der Waals surface area (Å²) in [5.41, 5.74) is -3.15. The minimum Gasteiger partial charge on any atom is -0.380 e. The molecule has 0 aromatic carbocycles. The zero-order valence-electron chi connectivity index (χ0n) is 15.0. The number of alkyl halides is 3. The van der Waals surface area contributed by atoms with E-state index in [1.165, 1.54) is 6.08 Å². The van der Waals surface area contributed by atoms with Crippen molar-refractivity contribution in [3.05, 3.63) is 22.8 Å². The van der Waals surface area contributed by atoms with Gasteiger partial charge in [0, 0.05) is 10.8 Å². The van der Waals surface area contributed by atoms with Crippen molar-refractivity contribution in [1.82, 2.24) is 0 Å². The van der Waals surface area contributed by atoms with Gasteiger partial charge in [0.05, 0.1) is 5.03 Å². The molecule has 6 atom stereocenters. The molecule has 0 aromatic heterocycles. The van der Waals surface area contributed by atoms with Crippen LogP contribution in [0.2, 0.25) is 0 Å². The number of carbonyl (C=O) groups excluding carboxylic acids is 1. The minimum absolute atomic E-state index is 0.112. The number of hydrogen-bond donors (Lipinski definition) is 1. The number of halogens is 4. The van der Waals surface area contributed by atoms with Crippen LogP contribution in [0.5, 0.6) is 0 Å². The summed E-state index contributed by atoms with van der Waals surface area (Å²) in [5, 5.41) is 10.9. The van der Waals surface area contributed by atoms with E-state index in [9.17, 15) is 23.1 Å². The van der Waals surface area contributed by atoms with E-state index in [4.69, 9.17) is 11.6 Å².